The van der Waals surface area contributed by atoms with Crippen molar-refractivity contribution in [1.82, 2.24) is 0 Å². The number of carbonyl (C=O) groups excluding carboxylic acids is 1. The minimum atomic E-state index is -0.630. The van der Waals surface area contributed by atoms with Gasteiger partial charge in [-0.15, -0.1) is 0 Å². The Labute approximate surface area is 196 Å². The highest BCUT2D eigenvalue weighted by Gasteiger charge is 2.35. The molecule has 1 aliphatic heterocycles. The number of phenols is 3. The third kappa shape index (κ3) is 4.32. The number of amides is 1. The molecule has 4 rings (SSSR count). The third-order valence-corrected chi connectivity index (χ3v) is 6.69. The fourth-order valence-electron chi connectivity index (χ4n) is 3.39. The molecule has 168 valence electrons. The molecule has 1 saturated heterocycles. The number of anilines is 1. The first-order valence-electron chi connectivity index (χ1n) is 10.4. The molecule has 33 heavy (non-hydrogen) atoms. The van der Waals surface area contributed by atoms with Crippen molar-refractivity contribution in [2.45, 2.75) is 27.7 Å². The highest BCUT2D eigenvalue weighted by atomic mass is 32.2. The maximum absolute atomic E-state index is 13.5. The highest BCUT2D eigenvalue weighted by molar-refractivity contribution is 8.19. The first kappa shape index (κ1) is 22.5. The predicted octanol–water partition coefficient (Wildman–Crippen LogP) is 5.85. The lowest BCUT2D eigenvalue weighted by atomic mass is 10.1. The Morgan fingerprint density at radius 3 is 2.15 bits per heavy atom. The van der Waals surface area contributed by atoms with Crippen molar-refractivity contribution < 1.29 is 20.1 Å². The maximum atomic E-state index is 13.5. The Kier molecular flexibility index (Phi) is 5.91. The summed E-state index contributed by atoms with van der Waals surface area (Å²) in [5.41, 5.74) is 6.06. The Morgan fingerprint density at radius 2 is 1.48 bits per heavy atom. The summed E-state index contributed by atoms with van der Waals surface area (Å²) in [6.45, 7) is 8.04. The first-order chi connectivity index (χ1) is 15.7. The number of aliphatic imine (C=N–C) groups is 1. The van der Waals surface area contributed by atoms with Crippen molar-refractivity contribution >= 4 is 40.3 Å². The largest absolute Gasteiger partial charge is 0.504 e. The van der Waals surface area contributed by atoms with Gasteiger partial charge in [0.1, 0.15) is 0 Å². The van der Waals surface area contributed by atoms with Gasteiger partial charge in [0.25, 0.3) is 5.91 Å². The molecule has 1 fully saturated rings. The minimum Gasteiger partial charge on any atom is -0.504 e. The highest BCUT2D eigenvalue weighted by Crippen LogP contribution is 2.42. The molecule has 0 saturated carbocycles. The summed E-state index contributed by atoms with van der Waals surface area (Å²) < 4.78 is 0. The molecule has 1 heterocycles. The fourth-order valence-corrected chi connectivity index (χ4v) is 4.38. The van der Waals surface area contributed by atoms with Crippen LogP contribution in [0, 0.1) is 27.7 Å². The second-order valence-corrected chi connectivity index (χ2v) is 9.06. The summed E-state index contributed by atoms with van der Waals surface area (Å²) in [6.07, 6.45) is 1.48. The Morgan fingerprint density at radius 1 is 0.818 bits per heavy atom. The van der Waals surface area contributed by atoms with E-state index in [4.69, 9.17) is 4.99 Å². The number of amidine groups is 1. The molecule has 0 aromatic heterocycles. The van der Waals surface area contributed by atoms with E-state index in [1.165, 1.54) is 30.0 Å². The van der Waals surface area contributed by atoms with Crippen LogP contribution in [0.1, 0.15) is 27.8 Å². The number of hydrogen-bond donors (Lipinski definition) is 3. The molecule has 0 spiro atoms. The van der Waals surface area contributed by atoms with Crippen molar-refractivity contribution in [2.75, 3.05) is 4.90 Å². The second-order valence-electron chi connectivity index (χ2n) is 8.05. The van der Waals surface area contributed by atoms with Gasteiger partial charge in [-0.25, -0.2) is 4.99 Å². The summed E-state index contributed by atoms with van der Waals surface area (Å²) in [4.78, 5) is 20.1. The molecule has 0 unspecified atom stereocenters. The number of hydrogen-bond acceptors (Lipinski definition) is 6. The zero-order valence-electron chi connectivity index (χ0n) is 18.7. The molecule has 3 N–H and O–H groups in total. The molecule has 0 bridgehead atoms. The van der Waals surface area contributed by atoms with Crippen LogP contribution in [0.5, 0.6) is 17.2 Å². The van der Waals surface area contributed by atoms with Crippen LogP contribution in [-0.4, -0.2) is 26.4 Å². The van der Waals surface area contributed by atoms with E-state index in [1.807, 2.05) is 64.1 Å². The molecule has 3 aromatic rings. The number of aromatic hydroxyl groups is 3. The van der Waals surface area contributed by atoms with Gasteiger partial charge < -0.3 is 15.3 Å². The summed E-state index contributed by atoms with van der Waals surface area (Å²) in [6, 6.07) is 14.3. The topological polar surface area (TPSA) is 93.4 Å². The quantitative estimate of drug-likeness (QED) is 0.337. The smallest absolute Gasteiger partial charge is 0.271 e. The molecular formula is C26H24N2O4S. The lowest BCUT2D eigenvalue weighted by Gasteiger charge is -2.17. The van der Waals surface area contributed by atoms with Gasteiger partial charge in [0.05, 0.1) is 16.3 Å². The van der Waals surface area contributed by atoms with Gasteiger partial charge in [0.15, 0.2) is 16.7 Å². The van der Waals surface area contributed by atoms with Crippen molar-refractivity contribution in [2.24, 2.45) is 4.99 Å². The van der Waals surface area contributed by atoms with E-state index in [2.05, 4.69) is 0 Å². The Hall–Kier alpha value is -3.71. The minimum absolute atomic E-state index is 0.216. The molecular weight excluding hydrogens is 436 g/mol. The number of rotatable bonds is 3. The predicted molar refractivity (Wildman–Crippen MR) is 133 cm³/mol. The van der Waals surface area contributed by atoms with Crippen LogP contribution in [-0.2, 0) is 4.79 Å². The monoisotopic (exact) mass is 460 g/mol. The molecule has 6 nitrogen and oxygen atoms in total. The van der Waals surface area contributed by atoms with Gasteiger partial charge in [-0.2, -0.15) is 0 Å². The van der Waals surface area contributed by atoms with Crippen molar-refractivity contribution in [3.8, 4) is 17.2 Å². The fraction of sp³-hybridized carbons (Fsp3) is 0.154. The zero-order valence-corrected chi connectivity index (χ0v) is 19.6. The molecule has 0 radical (unpaired) electrons. The van der Waals surface area contributed by atoms with Crippen molar-refractivity contribution in [3.63, 3.8) is 0 Å². The van der Waals surface area contributed by atoms with Crippen LogP contribution in [0.4, 0.5) is 11.4 Å². The number of carbonyl (C=O) groups is 1. The number of aryl methyl sites for hydroxylation is 4. The average molecular weight is 461 g/mol. The van der Waals surface area contributed by atoms with E-state index in [9.17, 15) is 20.1 Å². The van der Waals surface area contributed by atoms with Crippen LogP contribution in [0.3, 0.4) is 0 Å². The van der Waals surface area contributed by atoms with E-state index in [0.29, 0.717) is 15.8 Å². The van der Waals surface area contributed by atoms with Crippen molar-refractivity contribution in [1.29, 1.82) is 0 Å². The summed E-state index contributed by atoms with van der Waals surface area (Å²) >= 11 is 1.18. The van der Waals surface area contributed by atoms with Gasteiger partial charge in [-0.1, -0.05) is 12.1 Å². The Bertz CT molecular complexity index is 1340. The second kappa shape index (κ2) is 8.67. The van der Waals surface area contributed by atoms with Gasteiger partial charge in [-0.3, -0.25) is 9.69 Å². The lowest BCUT2D eigenvalue weighted by Crippen LogP contribution is -2.28. The van der Waals surface area contributed by atoms with Gasteiger partial charge >= 0.3 is 0 Å². The molecule has 0 atom stereocenters. The SMILES string of the molecule is Cc1ccc(N=C2S/C(=C/c3ccc(O)c(O)c3O)C(=O)N2c2ccc(C)c(C)c2)cc1C. The average Bonchev–Trinajstić information content (AvgIpc) is 3.07. The molecule has 0 aliphatic carbocycles. The van der Waals surface area contributed by atoms with E-state index < -0.39 is 17.2 Å². The van der Waals surface area contributed by atoms with E-state index in [-0.39, 0.29) is 11.5 Å². The molecule has 3 aromatic carbocycles. The summed E-state index contributed by atoms with van der Waals surface area (Å²) in [5.74, 6) is -1.85. The Balaban J connectivity index is 1.83. The lowest BCUT2D eigenvalue weighted by molar-refractivity contribution is -0.113. The third-order valence-electron chi connectivity index (χ3n) is 5.72. The zero-order chi connectivity index (χ0) is 23.9. The number of phenolic OH excluding ortho intramolecular Hbond substituents is 3. The summed E-state index contributed by atoms with van der Waals surface area (Å²) in [7, 11) is 0. The van der Waals surface area contributed by atoms with Gasteiger partial charge in [0, 0.05) is 5.56 Å². The molecule has 1 aliphatic rings. The molecule has 7 heteroatoms. The molecule has 1 amide bonds. The van der Waals surface area contributed by atoms with Crippen LogP contribution < -0.4 is 4.90 Å². The van der Waals surface area contributed by atoms with Crippen LogP contribution in [0.15, 0.2) is 58.4 Å². The first-order valence-corrected chi connectivity index (χ1v) is 11.2. The standard InChI is InChI=1S/C26H24N2O4S/c1-14-5-8-19(11-16(14)3)27-26-28(20-9-6-15(2)17(4)12-20)25(32)22(33-26)13-18-7-10-21(29)24(31)23(18)30/h5-13,29-31H,1-4H3/b22-13+,27-26?. The van der Waals surface area contributed by atoms with Crippen LogP contribution in [0.25, 0.3) is 6.08 Å². The van der Waals surface area contributed by atoms with E-state index in [0.717, 1.165) is 27.9 Å². The summed E-state index contributed by atoms with van der Waals surface area (Å²) in [5, 5.41) is 30.1. The van der Waals surface area contributed by atoms with E-state index in [1.54, 1.807) is 4.90 Å². The van der Waals surface area contributed by atoms with Gasteiger partial charge in [0.2, 0.25) is 5.75 Å². The van der Waals surface area contributed by atoms with Gasteiger partial charge in [-0.05, 0) is 104 Å². The number of nitrogens with zero attached hydrogens (tertiary/aromatic N) is 2. The van der Waals surface area contributed by atoms with Crippen LogP contribution in [0.2, 0.25) is 0 Å². The van der Waals surface area contributed by atoms with E-state index >= 15 is 0 Å². The van der Waals surface area contributed by atoms with Crippen molar-refractivity contribution in [3.05, 3.63) is 81.3 Å². The maximum Gasteiger partial charge on any atom is 0.271 e. The normalized spacial score (nSPS) is 16.2. The van der Waals surface area contributed by atoms with Crippen LogP contribution >= 0.6 is 11.8 Å². The number of thioether (sulfide) groups is 1. The number of benzene rings is 3.